The van der Waals surface area contributed by atoms with Crippen molar-refractivity contribution in [1.82, 2.24) is 9.78 Å². The Morgan fingerprint density at radius 3 is 2.59 bits per heavy atom. The van der Waals surface area contributed by atoms with Crippen molar-refractivity contribution in [1.29, 1.82) is 0 Å². The molecule has 0 aromatic carbocycles. The molecule has 1 saturated carbocycles. The molecule has 1 fully saturated rings. The first-order chi connectivity index (χ1) is 7.72. The van der Waals surface area contributed by atoms with E-state index in [1.165, 1.54) is 0 Å². The minimum absolute atomic E-state index is 0.252. The minimum atomic E-state index is -0.566. The SMILES string of the molecule is Cc1cc(CC2(O)CC(C)(C)CC2C)n(C)n1. The van der Waals surface area contributed by atoms with Crippen LogP contribution in [0.1, 0.15) is 45.0 Å². The van der Waals surface area contributed by atoms with Gasteiger partial charge in [0.2, 0.25) is 0 Å². The molecule has 1 aliphatic carbocycles. The molecule has 0 bridgehead atoms. The van der Waals surface area contributed by atoms with Crippen LogP contribution in [0.4, 0.5) is 0 Å². The van der Waals surface area contributed by atoms with Crippen LogP contribution in [0.2, 0.25) is 0 Å². The second-order valence-electron chi connectivity index (χ2n) is 6.63. The maximum absolute atomic E-state index is 10.8. The first-order valence-corrected chi connectivity index (χ1v) is 6.44. The first-order valence-electron chi connectivity index (χ1n) is 6.44. The average molecular weight is 236 g/mol. The Hall–Kier alpha value is -0.830. The van der Waals surface area contributed by atoms with Gasteiger partial charge in [-0.3, -0.25) is 4.68 Å². The van der Waals surface area contributed by atoms with Crippen LogP contribution in [0.15, 0.2) is 6.07 Å². The van der Waals surface area contributed by atoms with E-state index in [0.717, 1.165) is 30.7 Å². The standard InChI is InChI=1S/C14H24N2O/c1-10-7-13(3,4)9-14(10,17)8-12-6-11(2)15-16(12)5/h6,10,17H,7-9H2,1-5H3. The van der Waals surface area contributed by atoms with Crippen molar-refractivity contribution >= 4 is 0 Å². The summed E-state index contributed by atoms with van der Waals surface area (Å²) < 4.78 is 1.89. The van der Waals surface area contributed by atoms with Gasteiger partial charge in [0.15, 0.2) is 0 Å². The molecule has 1 aliphatic rings. The van der Waals surface area contributed by atoms with Gasteiger partial charge in [-0.15, -0.1) is 0 Å². The van der Waals surface area contributed by atoms with Gasteiger partial charge in [0.05, 0.1) is 11.3 Å². The molecule has 1 aromatic rings. The fourth-order valence-electron chi connectivity index (χ4n) is 3.47. The Morgan fingerprint density at radius 2 is 2.18 bits per heavy atom. The van der Waals surface area contributed by atoms with E-state index in [2.05, 4.69) is 31.9 Å². The highest BCUT2D eigenvalue weighted by atomic mass is 16.3. The Kier molecular flexibility index (Phi) is 2.85. The predicted octanol–water partition coefficient (Wildman–Crippen LogP) is 2.46. The van der Waals surface area contributed by atoms with Crippen LogP contribution in [0.3, 0.4) is 0 Å². The number of aliphatic hydroxyl groups is 1. The molecule has 3 nitrogen and oxygen atoms in total. The van der Waals surface area contributed by atoms with E-state index in [9.17, 15) is 5.11 Å². The second-order valence-corrected chi connectivity index (χ2v) is 6.63. The average Bonchev–Trinajstić information content (AvgIpc) is 2.51. The normalized spacial score (nSPS) is 32.0. The monoisotopic (exact) mass is 236 g/mol. The van der Waals surface area contributed by atoms with Gasteiger partial charge in [-0.25, -0.2) is 0 Å². The minimum Gasteiger partial charge on any atom is -0.389 e. The Morgan fingerprint density at radius 1 is 1.53 bits per heavy atom. The quantitative estimate of drug-likeness (QED) is 0.856. The molecule has 1 N–H and O–H groups in total. The molecule has 2 unspecified atom stereocenters. The maximum atomic E-state index is 10.8. The third-order valence-electron chi connectivity index (χ3n) is 4.15. The summed E-state index contributed by atoms with van der Waals surface area (Å²) in [5.41, 5.74) is 1.84. The van der Waals surface area contributed by atoms with Gasteiger partial charge in [0.1, 0.15) is 0 Å². The molecule has 17 heavy (non-hydrogen) atoms. The van der Waals surface area contributed by atoms with Crippen LogP contribution >= 0.6 is 0 Å². The summed E-state index contributed by atoms with van der Waals surface area (Å²) in [6.45, 7) is 8.65. The van der Waals surface area contributed by atoms with Gasteiger partial charge in [0, 0.05) is 19.2 Å². The van der Waals surface area contributed by atoms with Gasteiger partial charge < -0.3 is 5.11 Å². The fraction of sp³-hybridized carbons (Fsp3) is 0.786. The van der Waals surface area contributed by atoms with E-state index in [-0.39, 0.29) is 5.41 Å². The smallest absolute Gasteiger partial charge is 0.0733 e. The predicted molar refractivity (Wildman–Crippen MR) is 68.8 cm³/mol. The summed E-state index contributed by atoms with van der Waals surface area (Å²) in [6.07, 6.45) is 2.70. The summed E-state index contributed by atoms with van der Waals surface area (Å²) in [4.78, 5) is 0. The van der Waals surface area contributed by atoms with Gasteiger partial charge in [-0.05, 0) is 37.2 Å². The molecule has 2 rings (SSSR count). The van der Waals surface area contributed by atoms with Crippen LogP contribution < -0.4 is 0 Å². The zero-order chi connectivity index (χ0) is 12.8. The molecule has 96 valence electrons. The van der Waals surface area contributed by atoms with E-state index >= 15 is 0 Å². The molecule has 0 spiro atoms. The summed E-state index contributed by atoms with van der Waals surface area (Å²) in [5.74, 6) is 0.354. The highest BCUT2D eigenvalue weighted by Gasteiger charge is 2.47. The number of nitrogens with zero attached hydrogens (tertiary/aromatic N) is 2. The molecule has 1 aromatic heterocycles. The molecular formula is C14H24N2O. The topological polar surface area (TPSA) is 38.0 Å². The number of hydrogen-bond acceptors (Lipinski definition) is 2. The van der Waals surface area contributed by atoms with Crippen molar-refractivity contribution in [3.05, 3.63) is 17.5 Å². The molecule has 0 aliphatic heterocycles. The Balaban J connectivity index is 2.21. The first kappa shape index (κ1) is 12.6. The van der Waals surface area contributed by atoms with E-state index in [1.54, 1.807) is 0 Å². The van der Waals surface area contributed by atoms with Crippen LogP contribution in [0.5, 0.6) is 0 Å². The van der Waals surface area contributed by atoms with Crippen molar-refractivity contribution in [3.8, 4) is 0 Å². The zero-order valence-corrected chi connectivity index (χ0v) is 11.6. The molecule has 3 heteroatoms. The molecule has 0 amide bonds. The zero-order valence-electron chi connectivity index (χ0n) is 11.6. The third-order valence-corrected chi connectivity index (χ3v) is 4.15. The van der Waals surface area contributed by atoms with E-state index < -0.39 is 5.60 Å². The maximum Gasteiger partial charge on any atom is 0.0733 e. The largest absolute Gasteiger partial charge is 0.389 e. The summed E-state index contributed by atoms with van der Waals surface area (Å²) in [5, 5.41) is 15.2. The van der Waals surface area contributed by atoms with Gasteiger partial charge in [-0.1, -0.05) is 20.8 Å². The van der Waals surface area contributed by atoms with Crippen LogP contribution in [-0.4, -0.2) is 20.5 Å². The lowest BCUT2D eigenvalue weighted by Crippen LogP contribution is -2.35. The molecule has 0 saturated heterocycles. The van der Waals surface area contributed by atoms with Gasteiger partial charge in [-0.2, -0.15) is 5.10 Å². The Bertz CT molecular complexity index is 422. The van der Waals surface area contributed by atoms with E-state index in [0.29, 0.717) is 5.92 Å². The second kappa shape index (κ2) is 3.84. The van der Waals surface area contributed by atoms with Crippen LogP contribution in [-0.2, 0) is 13.5 Å². The van der Waals surface area contributed by atoms with E-state index in [4.69, 9.17) is 0 Å². The highest BCUT2D eigenvalue weighted by molar-refractivity contribution is 5.14. The van der Waals surface area contributed by atoms with Crippen molar-refractivity contribution in [2.45, 2.75) is 52.6 Å². The van der Waals surface area contributed by atoms with Gasteiger partial charge >= 0.3 is 0 Å². The summed E-state index contributed by atoms with van der Waals surface area (Å²) >= 11 is 0. The number of hydrogen-bond donors (Lipinski definition) is 1. The van der Waals surface area contributed by atoms with E-state index in [1.807, 2.05) is 18.7 Å². The fourth-order valence-corrected chi connectivity index (χ4v) is 3.47. The number of aryl methyl sites for hydroxylation is 2. The lowest BCUT2D eigenvalue weighted by molar-refractivity contribution is 0.00284. The molecule has 0 radical (unpaired) electrons. The molecule has 1 heterocycles. The van der Waals surface area contributed by atoms with Crippen molar-refractivity contribution in [2.75, 3.05) is 0 Å². The number of rotatable bonds is 2. The number of aromatic nitrogens is 2. The van der Waals surface area contributed by atoms with Crippen molar-refractivity contribution in [3.63, 3.8) is 0 Å². The molecule has 2 atom stereocenters. The van der Waals surface area contributed by atoms with Crippen LogP contribution in [0.25, 0.3) is 0 Å². The van der Waals surface area contributed by atoms with Crippen molar-refractivity contribution < 1.29 is 5.11 Å². The lowest BCUT2D eigenvalue weighted by atomic mass is 9.86. The van der Waals surface area contributed by atoms with Gasteiger partial charge in [0.25, 0.3) is 0 Å². The summed E-state index contributed by atoms with van der Waals surface area (Å²) in [6, 6.07) is 2.08. The molecular weight excluding hydrogens is 212 g/mol. The Labute approximate surface area is 104 Å². The van der Waals surface area contributed by atoms with Crippen LogP contribution in [0, 0.1) is 18.3 Å². The lowest BCUT2D eigenvalue weighted by Gasteiger charge is -2.28. The third kappa shape index (κ3) is 2.39. The summed E-state index contributed by atoms with van der Waals surface area (Å²) in [7, 11) is 1.95. The highest BCUT2D eigenvalue weighted by Crippen LogP contribution is 2.48. The van der Waals surface area contributed by atoms with Crippen molar-refractivity contribution in [2.24, 2.45) is 18.4 Å².